The molecule has 0 radical (unpaired) electrons. The highest BCUT2D eigenvalue weighted by molar-refractivity contribution is 8.14. The number of aryl methyl sites for hydroxylation is 1. The van der Waals surface area contributed by atoms with Crippen molar-refractivity contribution in [2.45, 2.75) is 6.92 Å². The standard InChI is InChI=1S/C16H15N5O2S/c1-11-14(21-10-6-5-9-13(21)17-11)15(22)18-19-16(23)24-20-12-7-3-2-4-8-12/h2-10,20H,1H3,(H,18,22)(H,19,23). The van der Waals surface area contributed by atoms with Crippen molar-refractivity contribution in [2.24, 2.45) is 0 Å². The molecule has 2 amide bonds. The highest BCUT2D eigenvalue weighted by Gasteiger charge is 2.16. The maximum Gasteiger partial charge on any atom is 0.317 e. The van der Waals surface area contributed by atoms with E-state index in [1.165, 1.54) is 0 Å². The van der Waals surface area contributed by atoms with Crippen molar-refractivity contribution in [2.75, 3.05) is 4.72 Å². The zero-order valence-corrected chi connectivity index (χ0v) is 13.6. The summed E-state index contributed by atoms with van der Waals surface area (Å²) in [5.74, 6) is -0.431. The highest BCUT2D eigenvalue weighted by Crippen LogP contribution is 2.13. The van der Waals surface area contributed by atoms with Gasteiger partial charge in [0.1, 0.15) is 11.3 Å². The number of aromatic nitrogens is 2. The largest absolute Gasteiger partial charge is 0.322 e. The third-order valence-corrected chi connectivity index (χ3v) is 3.86. The first-order valence-corrected chi connectivity index (χ1v) is 7.98. The van der Waals surface area contributed by atoms with Crippen LogP contribution in [0.15, 0.2) is 54.7 Å². The summed E-state index contributed by atoms with van der Waals surface area (Å²) < 4.78 is 4.55. The minimum Gasteiger partial charge on any atom is -0.322 e. The van der Waals surface area contributed by atoms with Crippen LogP contribution in [-0.4, -0.2) is 20.5 Å². The summed E-state index contributed by atoms with van der Waals surface area (Å²) in [5, 5.41) is -0.432. The van der Waals surface area contributed by atoms with Crippen molar-refractivity contribution in [1.82, 2.24) is 20.2 Å². The Bertz CT molecular complexity index is 879. The number of rotatable bonds is 3. The second-order valence-electron chi connectivity index (χ2n) is 4.91. The van der Waals surface area contributed by atoms with E-state index in [2.05, 4.69) is 20.6 Å². The first-order valence-electron chi connectivity index (χ1n) is 7.17. The third-order valence-electron chi connectivity index (χ3n) is 3.23. The molecule has 0 fully saturated rings. The number of amides is 2. The Balaban J connectivity index is 1.58. The molecule has 0 spiro atoms. The van der Waals surface area contributed by atoms with Gasteiger partial charge in [0.25, 0.3) is 5.91 Å². The first-order chi connectivity index (χ1) is 11.6. The van der Waals surface area contributed by atoms with Crippen LogP contribution in [0.5, 0.6) is 0 Å². The molecule has 24 heavy (non-hydrogen) atoms. The Kier molecular flexibility index (Phi) is 4.66. The van der Waals surface area contributed by atoms with Crippen molar-refractivity contribution in [3.05, 3.63) is 66.1 Å². The van der Waals surface area contributed by atoms with Crippen LogP contribution < -0.4 is 15.6 Å². The van der Waals surface area contributed by atoms with Gasteiger partial charge in [-0.2, -0.15) is 0 Å². The van der Waals surface area contributed by atoms with Crippen molar-refractivity contribution in [3.63, 3.8) is 0 Å². The summed E-state index contributed by atoms with van der Waals surface area (Å²) in [5.41, 5.74) is 7.18. The summed E-state index contributed by atoms with van der Waals surface area (Å²) in [4.78, 5) is 28.4. The maximum atomic E-state index is 12.3. The number of hydrogen-bond acceptors (Lipinski definition) is 5. The molecule has 8 heteroatoms. The molecule has 0 aliphatic carbocycles. The van der Waals surface area contributed by atoms with Gasteiger partial charge in [-0.1, -0.05) is 24.3 Å². The average Bonchev–Trinajstić information content (AvgIpc) is 2.94. The van der Waals surface area contributed by atoms with Crippen LogP contribution in [0.3, 0.4) is 0 Å². The number of pyridine rings is 1. The van der Waals surface area contributed by atoms with Crippen molar-refractivity contribution in [1.29, 1.82) is 0 Å². The lowest BCUT2D eigenvalue weighted by Crippen LogP contribution is -2.40. The zero-order valence-electron chi connectivity index (χ0n) is 12.8. The summed E-state index contributed by atoms with van der Waals surface area (Å²) in [6.07, 6.45) is 1.75. The molecule has 2 heterocycles. The Hall–Kier alpha value is -3.00. The molecule has 3 rings (SSSR count). The first kappa shape index (κ1) is 15.9. The predicted molar refractivity (Wildman–Crippen MR) is 93.6 cm³/mol. The van der Waals surface area contributed by atoms with E-state index >= 15 is 0 Å². The molecule has 0 unspecified atom stereocenters. The van der Waals surface area contributed by atoms with E-state index in [9.17, 15) is 9.59 Å². The van der Waals surface area contributed by atoms with E-state index in [0.717, 1.165) is 17.6 Å². The normalized spacial score (nSPS) is 10.4. The van der Waals surface area contributed by atoms with Gasteiger partial charge in [0.05, 0.1) is 5.69 Å². The Morgan fingerprint density at radius 2 is 1.79 bits per heavy atom. The molecule has 0 bridgehead atoms. The van der Waals surface area contributed by atoms with Crippen molar-refractivity contribution >= 4 is 34.4 Å². The molecule has 1 aromatic carbocycles. The molecule has 2 aromatic heterocycles. The molecule has 0 atom stereocenters. The molecule has 0 aliphatic rings. The number of hydrogen-bond donors (Lipinski definition) is 3. The number of imidazole rings is 1. The average molecular weight is 341 g/mol. The number of benzene rings is 1. The van der Waals surface area contributed by atoms with Gasteiger partial charge in [0, 0.05) is 23.8 Å². The van der Waals surface area contributed by atoms with Gasteiger partial charge >= 0.3 is 5.24 Å². The number of nitrogens with zero attached hydrogens (tertiary/aromatic N) is 2. The van der Waals surface area contributed by atoms with E-state index < -0.39 is 11.1 Å². The van der Waals surface area contributed by atoms with Gasteiger partial charge in [-0.3, -0.25) is 24.8 Å². The van der Waals surface area contributed by atoms with E-state index in [1.54, 1.807) is 17.5 Å². The number of carbonyl (C=O) groups is 2. The topological polar surface area (TPSA) is 87.5 Å². The molecule has 0 saturated heterocycles. The van der Waals surface area contributed by atoms with Crippen molar-refractivity contribution < 1.29 is 9.59 Å². The van der Waals surface area contributed by atoms with Gasteiger partial charge in [-0.25, -0.2) is 4.98 Å². The lowest BCUT2D eigenvalue weighted by molar-refractivity contribution is 0.0932. The minimum atomic E-state index is -0.432. The van der Waals surface area contributed by atoms with Crippen LogP contribution in [0.2, 0.25) is 0 Å². The highest BCUT2D eigenvalue weighted by atomic mass is 32.2. The zero-order chi connectivity index (χ0) is 16.9. The van der Waals surface area contributed by atoms with Gasteiger partial charge in [0.15, 0.2) is 0 Å². The molecule has 3 N–H and O–H groups in total. The lowest BCUT2D eigenvalue weighted by Gasteiger charge is -2.08. The maximum absolute atomic E-state index is 12.3. The van der Waals surface area contributed by atoms with Crippen LogP contribution in [0.4, 0.5) is 10.5 Å². The van der Waals surface area contributed by atoms with Crippen LogP contribution in [0.1, 0.15) is 16.2 Å². The van der Waals surface area contributed by atoms with E-state index in [0.29, 0.717) is 17.0 Å². The molecule has 0 aliphatic heterocycles. The number of anilines is 1. The smallest absolute Gasteiger partial charge is 0.317 e. The number of fused-ring (bicyclic) bond motifs is 1. The fourth-order valence-electron chi connectivity index (χ4n) is 2.19. The molecule has 122 valence electrons. The van der Waals surface area contributed by atoms with E-state index in [4.69, 9.17) is 0 Å². The third kappa shape index (κ3) is 3.49. The van der Waals surface area contributed by atoms with Gasteiger partial charge < -0.3 is 4.72 Å². The van der Waals surface area contributed by atoms with Crippen molar-refractivity contribution in [3.8, 4) is 0 Å². The summed E-state index contributed by atoms with van der Waals surface area (Å²) in [6, 6.07) is 14.7. The molecular formula is C16H15N5O2S. The van der Waals surface area contributed by atoms with Gasteiger partial charge in [-0.15, -0.1) is 0 Å². The number of para-hydroxylation sites is 1. The van der Waals surface area contributed by atoms with Gasteiger partial charge in [-0.05, 0) is 31.2 Å². The van der Waals surface area contributed by atoms with E-state index in [-0.39, 0.29) is 0 Å². The van der Waals surface area contributed by atoms with Crippen LogP contribution in [0.25, 0.3) is 5.65 Å². The summed E-state index contributed by atoms with van der Waals surface area (Å²) in [7, 11) is 0. The fraction of sp³-hybridized carbons (Fsp3) is 0.0625. The number of nitrogens with one attached hydrogen (secondary N) is 3. The Labute approximate surface area is 142 Å². The monoisotopic (exact) mass is 341 g/mol. The second-order valence-corrected chi connectivity index (χ2v) is 5.69. The molecule has 7 nitrogen and oxygen atoms in total. The molecule has 3 aromatic rings. The summed E-state index contributed by atoms with van der Waals surface area (Å²) >= 11 is 0.839. The quantitative estimate of drug-likeness (QED) is 0.504. The SMILES string of the molecule is Cc1nc2ccccn2c1C(=O)NNC(=O)SNc1ccccc1. The fourth-order valence-corrected chi connectivity index (χ4v) is 2.64. The van der Waals surface area contributed by atoms with Crippen LogP contribution in [0, 0.1) is 6.92 Å². The number of carbonyl (C=O) groups excluding carboxylic acids is 2. The van der Waals surface area contributed by atoms with Crippen LogP contribution in [-0.2, 0) is 0 Å². The number of hydrazine groups is 1. The Morgan fingerprint density at radius 3 is 2.58 bits per heavy atom. The van der Waals surface area contributed by atoms with Crippen LogP contribution >= 0.6 is 11.9 Å². The predicted octanol–water partition coefficient (Wildman–Crippen LogP) is 2.76. The Morgan fingerprint density at radius 1 is 1.04 bits per heavy atom. The lowest BCUT2D eigenvalue weighted by atomic mass is 10.3. The minimum absolute atomic E-state index is 0.381. The van der Waals surface area contributed by atoms with Gasteiger partial charge in [0.2, 0.25) is 0 Å². The summed E-state index contributed by atoms with van der Waals surface area (Å²) in [6.45, 7) is 1.75. The van der Waals surface area contributed by atoms with E-state index in [1.807, 2.05) is 48.5 Å². The molecule has 0 saturated carbocycles. The molecular weight excluding hydrogens is 326 g/mol. The second kappa shape index (κ2) is 7.05.